The molecule has 8 heteroatoms. The van der Waals surface area contributed by atoms with Gasteiger partial charge in [0.2, 0.25) is 11.8 Å². The second kappa shape index (κ2) is 9.20. The first-order valence-corrected chi connectivity index (χ1v) is 9.54. The van der Waals surface area contributed by atoms with Gasteiger partial charge in [0.1, 0.15) is 6.04 Å². The molecule has 0 bridgehead atoms. The smallest absolute Gasteiger partial charge is 0.242 e. The Morgan fingerprint density at radius 1 is 1.10 bits per heavy atom. The van der Waals surface area contributed by atoms with E-state index in [9.17, 15) is 9.59 Å². The summed E-state index contributed by atoms with van der Waals surface area (Å²) in [7, 11) is 0. The van der Waals surface area contributed by atoms with Gasteiger partial charge in [-0.05, 0) is 43.0 Å². The maximum atomic E-state index is 12.3. The van der Waals surface area contributed by atoms with Crippen LogP contribution in [0.25, 0.3) is 11.0 Å². The van der Waals surface area contributed by atoms with Gasteiger partial charge in [0, 0.05) is 6.54 Å². The van der Waals surface area contributed by atoms with Gasteiger partial charge in [-0.1, -0.05) is 36.4 Å². The van der Waals surface area contributed by atoms with Gasteiger partial charge in [-0.25, -0.2) is 4.98 Å². The summed E-state index contributed by atoms with van der Waals surface area (Å²) in [5.41, 5.74) is 15.2. The molecule has 2 aromatic carbocycles. The number of rotatable bonds is 8. The molecule has 0 spiro atoms. The quantitative estimate of drug-likeness (QED) is 0.391. The van der Waals surface area contributed by atoms with E-state index in [0.29, 0.717) is 25.3 Å². The molecule has 0 fully saturated rings. The number of H-pyrrole nitrogens is 1. The van der Waals surface area contributed by atoms with Gasteiger partial charge < -0.3 is 27.1 Å². The lowest BCUT2D eigenvalue weighted by molar-refractivity contribution is -0.129. The number of aromatic nitrogens is 2. The van der Waals surface area contributed by atoms with Gasteiger partial charge in [-0.3, -0.25) is 9.59 Å². The first-order chi connectivity index (χ1) is 13.9. The van der Waals surface area contributed by atoms with Crippen LogP contribution >= 0.6 is 0 Å². The van der Waals surface area contributed by atoms with Crippen LogP contribution < -0.4 is 22.1 Å². The summed E-state index contributed by atoms with van der Waals surface area (Å²) in [6, 6.07) is 14.1. The third kappa shape index (κ3) is 5.55. The Kier molecular flexibility index (Phi) is 6.46. The molecule has 0 aliphatic rings. The third-order valence-corrected chi connectivity index (χ3v) is 4.71. The molecule has 3 rings (SSSR count). The average Bonchev–Trinajstić information content (AvgIpc) is 3.10. The molecule has 0 aliphatic heterocycles. The molecule has 0 unspecified atom stereocenters. The second-order valence-corrected chi connectivity index (χ2v) is 7.05. The Labute approximate surface area is 169 Å². The van der Waals surface area contributed by atoms with Crippen molar-refractivity contribution in [1.29, 1.82) is 0 Å². The number of anilines is 1. The lowest BCUT2D eigenvalue weighted by atomic mass is 10.1. The molecule has 1 heterocycles. The number of nitrogens with one attached hydrogen (secondary N) is 3. The Hall–Kier alpha value is -3.39. The summed E-state index contributed by atoms with van der Waals surface area (Å²) in [5, 5.41) is 5.49. The van der Waals surface area contributed by atoms with Crippen LogP contribution in [0.1, 0.15) is 24.5 Å². The zero-order chi connectivity index (χ0) is 20.8. The van der Waals surface area contributed by atoms with Crippen molar-refractivity contribution in [3.8, 4) is 0 Å². The lowest BCUT2D eigenvalue weighted by Crippen LogP contribution is -2.50. The van der Waals surface area contributed by atoms with Crippen molar-refractivity contribution >= 4 is 28.8 Å². The van der Waals surface area contributed by atoms with Crippen LogP contribution in [0.2, 0.25) is 0 Å². The number of carbonyl (C=O) groups is 2. The Morgan fingerprint density at radius 3 is 2.62 bits per heavy atom. The number of aryl methyl sites for hydroxylation is 1. The van der Waals surface area contributed by atoms with Crippen molar-refractivity contribution in [1.82, 2.24) is 20.6 Å². The van der Waals surface area contributed by atoms with E-state index < -0.39 is 12.1 Å². The molecule has 0 radical (unpaired) electrons. The zero-order valence-electron chi connectivity index (χ0n) is 16.3. The lowest BCUT2D eigenvalue weighted by Gasteiger charge is -2.17. The van der Waals surface area contributed by atoms with Crippen LogP contribution in [0.5, 0.6) is 0 Å². The van der Waals surface area contributed by atoms with Crippen LogP contribution in [0.15, 0.2) is 48.5 Å². The number of hydrogen-bond donors (Lipinski definition) is 5. The number of aromatic amines is 1. The summed E-state index contributed by atoms with van der Waals surface area (Å²) >= 11 is 0. The minimum absolute atomic E-state index is 0.280. The number of amides is 2. The molecule has 2 atom stereocenters. The van der Waals surface area contributed by atoms with Crippen LogP contribution in [0, 0.1) is 0 Å². The number of nitrogens with zero attached hydrogens (tertiary/aromatic N) is 1. The fourth-order valence-corrected chi connectivity index (χ4v) is 3.01. The van der Waals surface area contributed by atoms with Crippen LogP contribution in [0.4, 0.5) is 5.95 Å². The molecule has 3 aromatic rings. The number of imidazole rings is 1. The van der Waals surface area contributed by atoms with Crippen molar-refractivity contribution in [3.63, 3.8) is 0 Å². The number of nitrogen functional groups attached to an aromatic ring is 1. The maximum absolute atomic E-state index is 12.3. The molecular weight excluding hydrogens is 368 g/mol. The SMILES string of the molecule is C[C@H](NC(=O)[C@H](N)CCc1ccccc1)C(=O)NCc1ccc2nc(N)[nH]c2c1. The van der Waals surface area contributed by atoms with Gasteiger partial charge in [-0.15, -0.1) is 0 Å². The van der Waals surface area contributed by atoms with Gasteiger partial charge >= 0.3 is 0 Å². The number of benzene rings is 2. The molecule has 0 saturated heterocycles. The van der Waals surface area contributed by atoms with E-state index in [0.717, 1.165) is 22.2 Å². The van der Waals surface area contributed by atoms with Gasteiger partial charge in [0.25, 0.3) is 0 Å². The summed E-state index contributed by atoms with van der Waals surface area (Å²) in [5.74, 6) is -0.267. The number of nitrogens with two attached hydrogens (primary N) is 2. The van der Waals surface area contributed by atoms with E-state index in [2.05, 4.69) is 20.6 Å². The van der Waals surface area contributed by atoms with Crippen LogP contribution in [-0.2, 0) is 22.6 Å². The van der Waals surface area contributed by atoms with E-state index in [1.54, 1.807) is 6.92 Å². The standard InChI is InChI=1S/C21H26N6O2/c1-13(25-20(29)16(22)9-7-14-5-3-2-4-6-14)19(28)24-12-15-8-10-17-18(11-15)27-21(23)26-17/h2-6,8,10-11,13,16H,7,9,12,22H2,1H3,(H,24,28)(H,25,29)(H3,23,26,27)/t13-,16+/m0/s1. The molecule has 2 amide bonds. The average molecular weight is 394 g/mol. The first kappa shape index (κ1) is 20.3. The van der Waals surface area contributed by atoms with Crippen LogP contribution in [-0.4, -0.2) is 33.9 Å². The molecule has 152 valence electrons. The summed E-state index contributed by atoms with van der Waals surface area (Å²) in [6.07, 6.45) is 1.22. The highest BCUT2D eigenvalue weighted by Gasteiger charge is 2.19. The van der Waals surface area contributed by atoms with Crippen molar-refractivity contribution in [2.75, 3.05) is 5.73 Å². The Morgan fingerprint density at radius 2 is 1.86 bits per heavy atom. The van der Waals surface area contributed by atoms with E-state index in [4.69, 9.17) is 11.5 Å². The second-order valence-electron chi connectivity index (χ2n) is 7.05. The van der Waals surface area contributed by atoms with Crippen molar-refractivity contribution < 1.29 is 9.59 Å². The fourth-order valence-electron chi connectivity index (χ4n) is 3.01. The Bertz CT molecular complexity index is 985. The van der Waals surface area contributed by atoms with Gasteiger partial charge in [0.05, 0.1) is 17.1 Å². The van der Waals surface area contributed by atoms with Crippen molar-refractivity contribution in [2.45, 2.75) is 38.4 Å². The maximum Gasteiger partial charge on any atom is 0.242 e. The number of fused-ring (bicyclic) bond motifs is 1. The van der Waals surface area contributed by atoms with Crippen molar-refractivity contribution in [2.24, 2.45) is 5.73 Å². The molecule has 29 heavy (non-hydrogen) atoms. The summed E-state index contributed by atoms with van der Waals surface area (Å²) < 4.78 is 0. The normalized spacial score (nSPS) is 13.0. The highest BCUT2D eigenvalue weighted by atomic mass is 16.2. The summed E-state index contributed by atoms with van der Waals surface area (Å²) in [6.45, 7) is 1.96. The Balaban J connectivity index is 1.45. The minimum Gasteiger partial charge on any atom is -0.369 e. The van der Waals surface area contributed by atoms with E-state index >= 15 is 0 Å². The predicted octanol–water partition coefficient (Wildman–Crippen LogP) is 1.23. The first-order valence-electron chi connectivity index (χ1n) is 9.54. The predicted molar refractivity (Wildman–Crippen MR) is 113 cm³/mol. The minimum atomic E-state index is -0.684. The van der Waals surface area contributed by atoms with E-state index in [1.165, 1.54) is 0 Å². The summed E-state index contributed by atoms with van der Waals surface area (Å²) in [4.78, 5) is 31.7. The van der Waals surface area contributed by atoms with Crippen molar-refractivity contribution in [3.05, 3.63) is 59.7 Å². The molecular formula is C21H26N6O2. The molecule has 0 aliphatic carbocycles. The monoisotopic (exact) mass is 394 g/mol. The van der Waals surface area contributed by atoms with Crippen LogP contribution in [0.3, 0.4) is 0 Å². The topological polar surface area (TPSA) is 139 Å². The fraction of sp³-hybridized carbons (Fsp3) is 0.286. The third-order valence-electron chi connectivity index (χ3n) is 4.71. The molecule has 8 nitrogen and oxygen atoms in total. The van der Waals surface area contributed by atoms with E-state index in [1.807, 2.05) is 48.5 Å². The molecule has 0 saturated carbocycles. The molecule has 1 aromatic heterocycles. The highest BCUT2D eigenvalue weighted by molar-refractivity contribution is 5.89. The number of carbonyl (C=O) groups excluding carboxylic acids is 2. The van der Waals surface area contributed by atoms with Gasteiger partial charge in [-0.2, -0.15) is 0 Å². The van der Waals surface area contributed by atoms with E-state index in [-0.39, 0.29) is 11.8 Å². The zero-order valence-corrected chi connectivity index (χ0v) is 16.3. The highest BCUT2D eigenvalue weighted by Crippen LogP contribution is 2.14. The largest absolute Gasteiger partial charge is 0.369 e. The number of hydrogen-bond acceptors (Lipinski definition) is 5. The molecule has 7 N–H and O–H groups in total. The van der Waals surface area contributed by atoms with Gasteiger partial charge in [0.15, 0.2) is 5.95 Å².